The maximum absolute atomic E-state index is 12.3. The van der Waals surface area contributed by atoms with Gasteiger partial charge in [-0.15, -0.1) is 0 Å². The fourth-order valence-electron chi connectivity index (χ4n) is 3.17. The summed E-state index contributed by atoms with van der Waals surface area (Å²) in [6.45, 7) is 4.05. The van der Waals surface area contributed by atoms with E-state index in [1.54, 1.807) is 12.1 Å². The molecule has 8 nitrogen and oxygen atoms in total. The lowest BCUT2D eigenvalue weighted by Gasteiger charge is -2.10. The molecular weight excluding hydrogens is 358 g/mol. The largest absolute Gasteiger partial charge is 0.327 e. The Balaban J connectivity index is 1.75. The Morgan fingerprint density at radius 2 is 1.71 bits per heavy atom. The number of hydrogen-bond donors (Lipinski definition) is 3. The Morgan fingerprint density at radius 3 is 2.50 bits per heavy atom. The van der Waals surface area contributed by atoms with Gasteiger partial charge in [0.25, 0.3) is 5.56 Å². The van der Waals surface area contributed by atoms with Crippen molar-refractivity contribution in [1.29, 1.82) is 0 Å². The fourth-order valence-corrected chi connectivity index (χ4v) is 3.17. The molecule has 2 aromatic heterocycles. The van der Waals surface area contributed by atoms with Crippen LogP contribution in [0.5, 0.6) is 0 Å². The lowest BCUT2D eigenvalue weighted by Crippen LogP contribution is -2.23. The van der Waals surface area contributed by atoms with Crippen molar-refractivity contribution in [2.45, 2.75) is 58.8 Å². The average molecular weight is 383 g/mol. The van der Waals surface area contributed by atoms with E-state index in [0.29, 0.717) is 23.1 Å². The molecule has 148 valence electrons. The number of fused-ring (bicyclic) bond motifs is 2. The molecule has 0 aliphatic heterocycles. The summed E-state index contributed by atoms with van der Waals surface area (Å²) >= 11 is 0. The smallest absolute Gasteiger partial charge is 0.326 e. The Kier molecular flexibility index (Phi) is 6.18. The van der Waals surface area contributed by atoms with Gasteiger partial charge in [-0.1, -0.05) is 39.0 Å². The maximum atomic E-state index is 12.3. The molecule has 0 bridgehead atoms. The number of aromatic amines is 2. The molecule has 0 aliphatic carbocycles. The highest BCUT2D eigenvalue weighted by Crippen LogP contribution is 2.22. The van der Waals surface area contributed by atoms with Crippen molar-refractivity contribution < 1.29 is 4.79 Å². The lowest BCUT2D eigenvalue weighted by molar-refractivity contribution is -0.116. The molecule has 0 aliphatic rings. The zero-order valence-corrected chi connectivity index (χ0v) is 16.2. The Labute approximate surface area is 161 Å². The normalized spacial score (nSPS) is 11.2. The first-order valence-electron chi connectivity index (χ1n) is 9.72. The fraction of sp³-hybridized carbons (Fsp3) is 0.450. The number of carbonyl (C=O) groups excluding carboxylic acids is 1. The van der Waals surface area contributed by atoms with Gasteiger partial charge in [0.15, 0.2) is 11.2 Å². The molecule has 0 spiro atoms. The first kappa shape index (κ1) is 19.7. The van der Waals surface area contributed by atoms with Crippen LogP contribution in [0.4, 0.5) is 5.69 Å². The van der Waals surface area contributed by atoms with E-state index in [-0.39, 0.29) is 17.1 Å². The van der Waals surface area contributed by atoms with Gasteiger partial charge >= 0.3 is 5.69 Å². The number of rotatable bonds is 8. The first-order valence-corrected chi connectivity index (χ1v) is 9.72. The van der Waals surface area contributed by atoms with Crippen molar-refractivity contribution >= 4 is 33.8 Å². The van der Waals surface area contributed by atoms with Crippen molar-refractivity contribution in [2.24, 2.45) is 0 Å². The second kappa shape index (κ2) is 8.77. The molecule has 2 heterocycles. The standard InChI is InChI=1S/C20H25N5O3/c1-3-4-5-6-7-8-9-16(26)21-13-11-15-14(10-12(13)2)22-17-18(23-15)24-20(28)25-19(17)27/h10-11H,3-9H2,1-2H3,(H,21,26)(H2,23,24,25,27,28). The van der Waals surface area contributed by atoms with Gasteiger partial charge in [-0.05, 0) is 31.0 Å². The van der Waals surface area contributed by atoms with Gasteiger partial charge in [-0.3, -0.25) is 19.6 Å². The first-order chi connectivity index (χ1) is 13.5. The molecule has 28 heavy (non-hydrogen) atoms. The second-order valence-electron chi connectivity index (χ2n) is 7.05. The molecule has 1 aromatic carbocycles. The SMILES string of the molecule is CCCCCCCCC(=O)Nc1cc2nc3[nH]c(=O)[nH]c(=O)c3nc2cc1C. The second-order valence-corrected chi connectivity index (χ2v) is 7.05. The number of unbranched alkanes of at least 4 members (excludes halogenated alkanes) is 5. The van der Waals surface area contributed by atoms with Crippen LogP contribution in [0.1, 0.15) is 57.4 Å². The molecular formula is C20H25N5O3. The van der Waals surface area contributed by atoms with E-state index in [9.17, 15) is 14.4 Å². The van der Waals surface area contributed by atoms with Gasteiger partial charge in [0.1, 0.15) is 0 Å². The van der Waals surface area contributed by atoms with Crippen molar-refractivity contribution in [2.75, 3.05) is 5.32 Å². The summed E-state index contributed by atoms with van der Waals surface area (Å²) in [7, 11) is 0. The molecule has 1 amide bonds. The van der Waals surface area contributed by atoms with Crippen molar-refractivity contribution in [3.05, 3.63) is 38.5 Å². The minimum Gasteiger partial charge on any atom is -0.326 e. The number of hydrogen-bond acceptors (Lipinski definition) is 5. The molecule has 0 radical (unpaired) electrons. The van der Waals surface area contributed by atoms with Crippen LogP contribution >= 0.6 is 0 Å². The van der Waals surface area contributed by atoms with E-state index in [2.05, 4.69) is 32.2 Å². The number of nitrogens with zero attached hydrogens (tertiary/aromatic N) is 2. The Hall–Kier alpha value is -3.03. The van der Waals surface area contributed by atoms with Crippen molar-refractivity contribution in [1.82, 2.24) is 19.9 Å². The van der Waals surface area contributed by atoms with E-state index in [4.69, 9.17) is 0 Å². The third kappa shape index (κ3) is 4.62. The van der Waals surface area contributed by atoms with Crippen LogP contribution in [-0.4, -0.2) is 25.8 Å². The van der Waals surface area contributed by atoms with Crippen LogP contribution in [0, 0.1) is 6.92 Å². The number of anilines is 1. The average Bonchev–Trinajstić information content (AvgIpc) is 2.64. The van der Waals surface area contributed by atoms with Crippen LogP contribution in [0.25, 0.3) is 22.2 Å². The van der Waals surface area contributed by atoms with E-state index < -0.39 is 11.2 Å². The van der Waals surface area contributed by atoms with Gasteiger partial charge in [0.2, 0.25) is 5.91 Å². The van der Waals surface area contributed by atoms with Gasteiger partial charge in [0, 0.05) is 12.1 Å². The summed E-state index contributed by atoms with van der Waals surface area (Å²) in [6, 6.07) is 3.49. The number of aryl methyl sites for hydroxylation is 1. The summed E-state index contributed by atoms with van der Waals surface area (Å²) in [5, 5.41) is 2.93. The summed E-state index contributed by atoms with van der Waals surface area (Å²) in [6.07, 6.45) is 7.25. The minimum atomic E-state index is -0.634. The van der Waals surface area contributed by atoms with Gasteiger partial charge in [-0.2, -0.15) is 0 Å². The molecule has 0 fully saturated rings. The molecule has 0 atom stereocenters. The lowest BCUT2D eigenvalue weighted by atomic mass is 10.1. The molecule has 3 aromatic rings. The van der Waals surface area contributed by atoms with E-state index in [1.165, 1.54) is 19.3 Å². The highest BCUT2D eigenvalue weighted by atomic mass is 16.2. The summed E-state index contributed by atoms with van der Waals surface area (Å²) < 4.78 is 0. The van der Waals surface area contributed by atoms with Crippen LogP contribution in [0.3, 0.4) is 0 Å². The quantitative estimate of drug-likeness (QED) is 0.407. The van der Waals surface area contributed by atoms with E-state index >= 15 is 0 Å². The van der Waals surface area contributed by atoms with Crippen molar-refractivity contribution in [3.8, 4) is 0 Å². The summed E-state index contributed by atoms with van der Waals surface area (Å²) in [5.74, 6) is -0.0310. The van der Waals surface area contributed by atoms with Crippen LogP contribution in [0.2, 0.25) is 0 Å². The van der Waals surface area contributed by atoms with E-state index in [1.807, 2.05) is 6.92 Å². The number of amides is 1. The number of H-pyrrole nitrogens is 2. The number of carbonyl (C=O) groups is 1. The summed E-state index contributed by atoms with van der Waals surface area (Å²) in [4.78, 5) is 48.8. The van der Waals surface area contributed by atoms with Gasteiger partial charge < -0.3 is 5.32 Å². The zero-order valence-electron chi connectivity index (χ0n) is 16.2. The van der Waals surface area contributed by atoms with Crippen LogP contribution < -0.4 is 16.6 Å². The molecule has 8 heteroatoms. The Morgan fingerprint density at radius 1 is 1.00 bits per heavy atom. The topological polar surface area (TPSA) is 121 Å². The van der Waals surface area contributed by atoms with Gasteiger partial charge in [-0.25, -0.2) is 14.8 Å². The molecule has 0 unspecified atom stereocenters. The van der Waals surface area contributed by atoms with Crippen LogP contribution in [0.15, 0.2) is 21.7 Å². The number of nitrogens with one attached hydrogen (secondary N) is 3. The molecule has 0 saturated carbocycles. The zero-order chi connectivity index (χ0) is 20.1. The molecule has 3 N–H and O–H groups in total. The number of aromatic nitrogens is 4. The highest BCUT2D eigenvalue weighted by molar-refractivity contribution is 5.95. The highest BCUT2D eigenvalue weighted by Gasteiger charge is 2.11. The van der Waals surface area contributed by atoms with E-state index in [0.717, 1.165) is 24.8 Å². The maximum Gasteiger partial charge on any atom is 0.327 e. The summed E-state index contributed by atoms with van der Waals surface area (Å²) in [5.41, 5.74) is 1.49. The predicted molar refractivity (Wildman–Crippen MR) is 110 cm³/mol. The monoisotopic (exact) mass is 383 g/mol. The minimum absolute atomic E-state index is 0.0310. The predicted octanol–water partition coefficient (Wildman–Crippen LogP) is 3.16. The molecule has 3 rings (SSSR count). The third-order valence-electron chi connectivity index (χ3n) is 4.72. The third-order valence-corrected chi connectivity index (χ3v) is 4.72. The molecule has 0 saturated heterocycles. The Bertz CT molecular complexity index is 1120. The van der Waals surface area contributed by atoms with Crippen molar-refractivity contribution in [3.63, 3.8) is 0 Å². The van der Waals surface area contributed by atoms with Gasteiger partial charge in [0.05, 0.1) is 11.0 Å². The van der Waals surface area contributed by atoms with Crippen LogP contribution in [-0.2, 0) is 4.79 Å². The number of benzene rings is 1.